The molecule has 2 rings (SSSR count). The van der Waals surface area contributed by atoms with E-state index in [4.69, 9.17) is 10.5 Å². The lowest BCUT2D eigenvalue weighted by Crippen LogP contribution is -2.73. The van der Waals surface area contributed by atoms with E-state index in [-0.39, 0.29) is 24.1 Å². The van der Waals surface area contributed by atoms with E-state index >= 15 is 0 Å². The number of hydrogen-bond donors (Lipinski definition) is 4. The van der Waals surface area contributed by atoms with Gasteiger partial charge < -0.3 is 10.5 Å². The fourth-order valence-corrected chi connectivity index (χ4v) is 2.05. The number of guanidine groups is 1. The molecule has 0 amide bonds. The van der Waals surface area contributed by atoms with Crippen molar-refractivity contribution in [1.29, 1.82) is 0 Å². The Morgan fingerprint density at radius 3 is 2.86 bits per heavy atom. The van der Waals surface area contributed by atoms with E-state index in [9.17, 15) is 4.79 Å². The van der Waals surface area contributed by atoms with Gasteiger partial charge in [0, 0.05) is 13.2 Å². The van der Waals surface area contributed by atoms with Gasteiger partial charge in [0.15, 0.2) is 0 Å². The number of aromatic nitrogens is 2. The summed E-state index contributed by atoms with van der Waals surface area (Å²) < 4.78 is 4.97. The van der Waals surface area contributed by atoms with Crippen LogP contribution in [-0.4, -0.2) is 23.0 Å². The van der Waals surface area contributed by atoms with Crippen LogP contribution < -0.4 is 21.6 Å². The van der Waals surface area contributed by atoms with E-state index in [0.717, 1.165) is 11.3 Å². The standard InChI is InChI=1S/C15H19N5O2/c1-9-4-5-12(10(2)6-9)18-14(16)20-15-17-11(8-22-3)7-13(21)19-15/h4-7H,8H2,1-3H3,(H4,16,17,18,19,20,21)/p+1. The third kappa shape index (κ3) is 4.16. The minimum atomic E-state index is -0.274. The van der Waals surface area contributed by atoms with Crippen LogP contribution in [0.1, 0.15) is 16.8 Å². The number of hydrogen-bond acceptors (Lipinski definition) is 3. The monoisotopic (exact) mass is 302 g/mol. The van der Waals surface area contributed by atoms with Crippen LogP contribution in [0.25, 0.3) is 0 Å². The van der Waals surface area contributed by atoms with Crippen molar-refractivity contribution in [3.05, 3.63) is 51.4 Å². The Balaban J connectivity index is 2.23. The van der Waals surface area contributed by atoms with Crippen molar-refractivity contribution in [3.63, 3.8) is 0 Å². The summed E-state index contributed by atoms with van der Waals surface area (Å²) in [5, 5.41) is 3.05. The molecule has 0 aliphatic rings. The van der Waals surface area contributed by atoms with Crippen molar-refractivity contribution in [1.82, 2.24) is 9.97 Å². The third-order valence-electron chi connectivity index (χ3n) is 2.99. The van der Waals surface area contributed by atoms with Crippen LogP contribution in [0.2, 0.25) is 0 Å². The lowest BCUT2D eigenvalue weighted by molar-refractivity contribution is -0.365. The van der Waals surface area contributed by atoms with Crippen molar-refractivity contribution in [3.8, 4) is 0 Å². The van der Waals surface area contributed by atoms with Crippen LogP contribution in [0.5, 0.6) is 0 Å². The Kier molecular flexibility index (Phi) is 4.90. The molecule has 0 saturated heterocycles. The first-order valence-corrected chi connectivity index (χ1v) is 6.81. The largest absolute Gasteiger partial charge is 0.377 e. The number of aromatic amines is 1. The zero-order valence-electron chi connectivity index (χ0n) is 12.9. The highest BCUT2D eigenvalue weighted by Gasteiger charge is 2.07. The molecular weight excluding hydrogens is 282 g/mol. The molecule has 22 heavy (non-hydrogen) atoms. The molecule has 1 heterocycles. The van der Waals surface area contributed by atoms with E-state index in [1.165, 1.54) is 18.7 Å². The average Bonchev–Trinajstić information content (AvgIpc) is 2.41. The maximum atomic E-state index is 11.6. The van der Waals surface area contributed by atoms with Crippen molar-refractivity contribution >= 4 is 17.6 Å². The number of nitrogens with one attached hydrogen (secondary N) is 3. The summed E-state index contributed by atoms with van der Waals surface area (Å²) in [6, 6.07) is 7.36. The van der Waals surface area contributed by atoms with E-state index in [2.05, 4.69) is 26.3 Å². The predicted octanol–water partition coefficient (Wildman–Crippen LogP) is -0.328. The Morgan fingerprint density at radius 2 is 2.18 bits per heavy atom. The summed E-state index contributed by atoms with van der Waals surface area (Å²) in [6.07, 6.45) is 0. The molecule has 0 saturated carbocycles. The number of ether oxygens (including phenoxy) is 1. The highest BCUT2D eigenvalue weighted by molar-refractivity contribution is 5.89. The zero-order chi connectivity index (χ0) is 16.1. The summed E-state index contributed by atoms with van der Waals surface area (Å²) in [5.41, 5.74) is 9.29. The molecule has 5 N–H and O–H groups in total. The summed E-state index contributed by atoms with van der Waals surface area (Å²) in [4.78, 5) is 21.2. The van der Waals surface area contributed by atoms with Crippen LogP contribution in [0.3, 0.4) is 0 Å². The summed E-state index contributed by atoms with van der Waals surface area (Å²) in [6.45, 7) is 4.27. The highest BCUT2D eigenvalue weighted by Crippen LogP contribution is 2.14. The van der Waals surface area contributed by atoms with Gasteiger partial charge in [-0.05, 0) is 25.5 Å². The number of methoxy groups -OCH3 is 1. The van der Waals surface area contributed by atoms with Gasteiger partial charge in [-0.1, -0.05) is 17.7 Å². The van der Waals surface area contributed by atoms with Crippen molar-refractivity contribution in [2.24, 2.45) is 5.73 Å². The minimum Gasteiger partial charge on any atom is -0.377 e. The van der Waals surface area contributed by atoms with Gasteiger partial charge >= 0.3 is 5.95 Å². The molecule has 0 unspecified atom stereocenters. The molecule has 0 spiro atoms. The fourth-order valence-electron chi connectivity index (χ4n) is 2.05. The molecule has 0 aliphatic heterocycles. The van der Waals surface area contributed by atoms with Crippen LogP contribution >= 0.6 is 0 Å². The van der Waals surface area contributed by atoms with Crippen LogP contribution in [-0.2, 0) is 11.3 Å². The summed E-state index contributed by atoms with van der Waals surface area (Å²) in [7, 11) is 1.54. The molecule has 2 aromatic rings. The van der Waals surface area contributed by atoms with Crippen LogP contribution in [0.4, 0.5) is 11.6 Å². The van der Waals surface area contributed by atoms with E-state index in [0.29, 0.717) is 5.69 Å². The topological polar surface area (TPSA) is 107 Å². The zero-order valence-corrected chi connectivity index (χ0v) is 12.9. The lowest BCUT2D eigenvalue weighted by Gasteiger charge is -2.06. The summed E-state index contributed by atoms with van der Waals surface area (Å²) >= 11 is 0. The number of nitrogens with zero attached hydrogens (tertiary/aromatic N) is 1. The third-order valence-corrected chi connectivity index (χ3v) is 2.99. The Bertz CT molecular complexity index is 752. The van der Waals surface area contributed by atoms with Gasteiger partial charge in [-0.25, -0.2) is 9.98 Å². The van der Waals surface area contributed by atoms with Crippen molar-refractivity contribution in [2.75, 3.05) is 12.4 Å². The lowest BCUT2D eigenvalue weighted by atomic mass is 10.1. The first-order valence-electron chi connectivity index (χ1n) is 6.81. The first kappa shape index (κ1) is 15.7. The first-order chi connectivity index (χ1) is 10.5. The highest BCUT2D eigenvalue weighted by atomic mass is 16.5. The van der Waals surface area contributed by atoms with Gasteiger partial charge in [0.2, 0.25) is 0 Å². The molecule has 1 aromatic heterocycles. The molecule has 0 radical (unpaired) electrons. The van der Waals surface area contributed by atoms with Gasteiger partial charge in [-0.3, -0.25) is 10.1 Å². The van der Waals surface area contributed by atoms with E-state index in [1.54, 1.807) is 0 Å². The van der Waals surface area contributed by atoms with Gasteiger partial charge in [0.05, 0.1) is 12.3 Å². The number of H-pyrrole nitrogens is 1. The average molecular weight is 302 g/mol. The smallest absolute Gasteiger partial charge is 0.325 e. The van der Waals surface area contributed by atoms with Crippen molar-refractivity contribution < 1.29 is 9.73 Å². The molecule has 0 atom stereocenters. The number of aryl methyl sites for hydroxylation is 2. The molecule has 0 aliphatic carbocycles. The van der Waals surface area contributed by atoms with Crippen molar-refractivity contribution in [2.45, 2.75) is 20.5 Å². The maximum absolute atomic E-state index is 11.6. The molecule has 7 nitrogen and oxygen atoms in total. The molecule has 0 bridgehead atoms. The second kappa shape index (κ2) is 6.86. The number of nitrogens with two attached hydrogens (primary N) is 1. The fraction of sp³-hybridized carbons (Fsp3) is 0.267. The number of rotatable bonds is 4. The minimum absolute atomic E-state index is 0.253. The Hall–Kier alpha value is -2.67. The molecule has 116 valence electrons. The molecule has 0 fully saturated rings. The Morgan fingerprint density at radius 1 is 1.41 bits per heavy atom. The van der Waals surface area contributed by atoms with Crippen LogP contribution in [0.15, 0.2) is 29.1 Å². The second-order valence-corrected chi connectivity index (χ2v) is 5.00. The predicted molar refractivity (Wildman–Crippen MR) is 84.9 cm³/mol. The molecule has 7 heteroatoms. The summed E-state index contributed by atoms with van der Waals surface area (Å²) in [5.74, 6) is 0.527. The maximum Gasteiger partial charge on any atom is 0.325 e. The Labute approximate surface area is 128 Å². The quantitative estimate of drug-likeness (QED) is 0.457. The SMILES string of the molecule is COCc1cc(=O)[nH]c([NH+]=C(N)Nc2ccc(C)cc2C)n1. The van der Waals surface area contributed by atoms with E-state index in [1.807, 2.05) is 26.0 Å². The normalized spacial score (nSPS) is 11.5. The number of anilines is 1. The van der Waals surface area contributed by atoms with Gasteiger partial charge in [0.25, 0.3) is 11.5 Å². The number of benzene rings is 1. The van der Waals surface area contributed by atoms with Gasteiger partial charge in [0.1, 0.15) is 5.69 Å². The van der Waals surface area contributed by atoms with E-state index < -0.39 is 0 Å². The van der Waals surface area contributed by atoms with Crippen LogP contribution in [0, 0.1) is 13.8 Å². The van der Waals surface area contributed by atoms with Gasteiger partial charge in [-0.15, -0.1) is 4.98 Å². The molecule has 1 aromatic carbocycles. The molecular formula is C15H20N5O2+. The van der Waals surface area contributed by atoms with Gasteiger partial charge in [-0.2, -0.15) is 0 Å². The second-order valence-electron chi connectivity index (χ2n) is 5.00.